The zero-order valence-electron chi connectivity index (χ0n) is 12.9. The molecule has 1 aliphatic heterocycles. The fourth-order valence-electron chi connectivity index (χ4n) is 2.87. The number of carbonyl (C=O) groups excluding carboxylic acids is 1. The van der Waals surface area contributed by atoms with Crippen molar-refractivity contribution in [2.45, 2.75) is 32.6 Å². The van der Waals surface area contributed by atoms with Crippen LogP contribution < -0.4 is 0 Å². The zero-order valence-corrected chi connectivity index (χ0v) is 13.7. The first-order valence-corrected chi connectivity index (χ1v) is 8.73. The summed E-state index contributed by atoms with van der Waals surface area (Å²) < 4.78 is 0. The van der Waals surface area contributed by atoms with Crippen LogP contribution in [-0.4, -0.2) is 33.9 Å². The molecule has 0 N–H and O–H groups in total. The monoisotopic (exact) mass is 315 g/mol. The summed E-state index contributed by atoms with van der Waals surface area (Å²) in [6.45, 7) is 4.06. The maximum absolute atomic E-state index is 12.3. The number of likely N-dealkylation sites (tertiary alicyclic amines) is 1. The molecule has 1 atom stereocenters. The van der Waals surface area contributed by atoms with Crippen LogP contribution in [0.15, 0.2) is 29.9 Å². The van der Waals surface area contributed by atoms with Crippen molar-refractivity contribution in [2.24, 2.45) is 5.92 Å². The lowest BCUT2D eigenvalue weighted by atomic mass is 10.00. The predicted molar refractivity (Wildman–Crippen MR) is 88.6 cm³/mol. The Hall–Kier alpha value is -1.75. The summed E-state index contributed by atoms with van der Waals surface area (Å²) in [6, 6.07) is 3.91. The van der Waals surface area contributed by atoms with Crippen LogP contribution in [-0.2, 0) is 11.2 Å². The number of thiazole rings is 1. The number of aryl methyl sites for hydroxylation is 1. The summed E-state index contributed by atoms with van der Waals surface area (Å²) in [7, 11) is 0. The normalized spacial score (nSPS) is 18.4. The van der Waals surface area contributed by atoms with Crippen LogP contribution >= 0.6 is 11.3 Å². The number of piperidine rings is 1. The second-order valence-corrected chi connectivity index (χ2v) is 6.89. The molecule has 0 spiro atoms. The Morgan fingerprint density at radius 2 is 2.23 bits per heavy atom. The van der Waals surface area contributed by atoms with E-state index in [2.05, 4.69) is 22.3 Å². The van der Waals surface area contributed by atoms with Crippen LogP contribution in [0.3, 0.4) is 0 Å². The van der Waals surface area contributed by atoms with Crippen molar-refractivity contribution in [1.82, 2.24) is 14.9 Å². The van der Waals surface area contributed by atoms with E-state index in [1.54, 1.807) is 23.7 Å². The number of hydrogen-bond donors (Lipinski definition) is 0. The molecule has 3 rings (SSSR count). The van der Waals surface area contributed by atoms with E-state index in [9.17, 15) is 4.79 Å². The Kier molecular flexibility index (Phi) is 4.83. The first-order chi connectivity index (χ1) is 10.7. The molecule has 3 heterocycles. The molecule has 0 aliphatic carbocycles. The molecule has 2 aromatic heterocycles. The second-order valence-electron chi connectivity index (χ2n) is 5.95. The second kappa shape index (κ2) is 7.01. The Balaban J connectivity index is 1.56. The minimum absolute atomic E-state index is 0.271. The minimum atomic E-state index is 0.271. The minimum Gasteiger partial charge on any atom is -0.342 e. The number of rotatable bonds is 4. The van der Waals surface area contributed by atoms with E-state index >= 15 is 0 Å². The first-order valence-electron chi connectivity index (χ1n) is 7.85. The first kappa shape index (κ1) is 15.2. The van der Waals surface area contributed by atoms with Crippen LogP contribution in [0.1, 0.15) is 31.2 Å². The van der Waals surface area contributed by atoms with Crippen LogP contribution in [0.25, 0.3) is 11.3 Å². The van der Waals surface area contributed by atoms with Crippen molar-refractivity contribution in [3.05, 3.63) is 34.9 Å². The number of pyridine rings is 1. The van der Waals surface area contributed by atoms with Gasteiger partial charge in [0, 0.05) is 49.3 Å². The van der Waals surface area contributed by atoms with Gasteiger partial charge in [-0.15, -0.1) is 11.3 Å². The lowest BCUT2D eigenvalue weighted by molar-refractivity contribution is -0.132. The van der Waals surface area contributed by atoms with E-state index in [-0.39, 0.29) is 5.91 Å². The molecule has 2 aromatic rings. The van der Waals surface area contributed by atoms with Gasteiger partial charge in [0.15, 0.2) is 0 Å². The van der Waals surface area contributed by atoms with Crippen molar-refractivity contribution in [3.63, 3.8) is 0 Å². The summed E-state index contributed by atoms with van der Waals surface area (Å²) in [4.78, 5) is 23.0. The molecule has 1 unspecified atom stereocenters. The topological polar surface area (TPSA) is 46.1 Å². The summed E-state index contributed by atoms with van der Waals surface area (Å²) in [5.41, 5.74) is 2.05. The SMILES string of the molecule is CC1CCCN(C(=O)CCc2nc(-c3ccncc3)cs2)C1. The number of amides is 1. The Morgan fingerprint density at radius 3 is 3.00 bits per heavy atom. The third kappa shape index (κ3) is 3.71. The molecule has 1 amide bonds. The zero-order chi connectivity index (χ0) is 15.4. The summed E-state index contributed by atoms with van der Waals surface area (Å²) >= 11 is 1.63. The van der Waals surface area contributed by atoms with Crippen molar-refractivity contribution in [2.75, 3.05) is 13.1 Å². The molecule has 0 aromatic carbocycles. The van der Waals surface area contributed by atoms with Gasteiger partial charge in [-0.2, -0.15) is 0 Å². The highest BCUT2D eigenvalue weighted by Crippen LogP contribution is 2.22. The van der Waals surface area contributed by atoms with Gasteiger partial charge in [0.1, 0.15) is 0 Å². The van der Waals surface area contributed by atoms with Crippen LogP contribution in [0.5, 0.6) is 0 Å². The molecule has 0 radical (unpaired) electrons. The lowest BCUT2D eigenvalue weighted by Crippen LogP contribution is -2.39. The van der Waals surface area contributed by atoms with Gasteiger partial charge in [0.25, 0.3) is 0 Å². The molecule has 22 heavy (non-hydrogen) atoms. The van der Waals surface area contributed by atoms with Crippen molar-refractivity contribution in [1.29, 1.82) is 0 Å². The Bertz CT molecular complexity index is 626. The molecule has 1 saturated heterocycles. The highest BCUT2D eigenvalue weighted by Gasteiger charge is 2.20. The third-order valence-electron chi connectivity index (χ3n) is 4.09. The molecule has 0 saturated carbocycles. The highest BCUT2D eigenvalue weighted by molar-refractivity contribution is 7.09. The standard InChI is InChI=1S/C17H21N3OS/c1-13-3-2-10-20(11-13)17(21)5-4-16-19-15(12-22-16)14-6-8-18-9-7-14/h6-9,12-13H,2-5,10-11H2,1H3. The van der Waals surface area contributed by atoms with E-state index in [0.717, 1.165) is 42.2 Å². The van der Waals surface area contributed by atoms with E-state index < -0.39 is 0 Å². The predicted octanol–water partition coefficient (Wildman–Crippen LogP) is 3.40. The van der Waals surface area contributed by atoms with Gasteiger partial charge in [-0.3, -0.25) is 9.78 Å². The number of hydrogen-bond acceptors (Lipinski definition) is 4. The quantitative estimate of drug-likeness (QED) is 0.869. The van der Waals surface area contributed by atoms with Gasteiger partial charge in [0.05, 0.1) is 10.7 Å². The molecular weight excluding hydrogens is 294 g/mol. The van der Waals surface area contributed by atoms with Crippen molar-refractivity contribution < 1.29 is 4.79 Å². The number of aromatic nitrogens is 2. The van der Waals surface area contributed by atoms with Crippen molar-refractivity contribution in [3.8, 4) is 11.3 Å². The van der Waals surface area contributed by atoms with E-state index in [1.165, 1.54) is 6.42 Å². The van der Waals surface area contributed by atoms with Gasteiger partial charge >= 0.3 is 0 Å². The number of nitrogens with zero attached hydrogens (tertiary/aromatic N) is 3. The fraction of sp³-hybridized carbons (Fsp3) is 0.471. The summed E-state index contributed by atoms with van der Waals surface area (Å²) in [6.07, 6.45) is 7.22. The average Bonchev–Trinajstić information content (AvgIpc) is 3.02. The van der Waals surface area contributed by atoms with E-state index in [0.29, 0.717) is 12.3 Å². The van der Waals surface area contributed by atoms with E-state index in [1.807, 2.05) is 17.0 Å². The average molecular weight is 315 g/mol. The van der Waals surface area contributed by atoms with Gasteiger partial charge in [-0.25, -0.2) is 4.98 Å². The molecular formula is C17H21N3OS. The maximum atomic E-state index is 12.3. The molecule has 0 bridgehead atoms. The molecule has 1 aliphatic rings. The summed E-state index contributed by atoms with van der Waals surface area (Å²) in [5, 5.41) is 3.09. The number of carbonyl (C=O) groups is 1. The Labute approximate surface area is 135 Å². The van der Waals surface area contributed by atoms with Gasteiger partial charge < -0.3 is 4.90 Å². The summed E-state index contributed by atoms with van der Waals surface area (Å²) in [5.74, 6) is 0.906. The van der Waals surface area contributed by atoms with Crippen LogP contribution in [0.4, 0.5) is 0 Å². The largest absolute Gasteiger partial charge is 0.342 e. The fourth-order valence-corrected chi connectivity index (χ4v) is 3.68. The van der Waals surface area contributed by atoms with Gasteiger partial charge in [-0.05, 0) is 30.9 Å². The lowest BCUT2D eigenvalue weighted by Gasteiger charge is -2.30. The smallest absolute Gasteiger partial charge is 0.222 e. The van der Waals surface area contributed by atoms with Crippen LogP contribution in [0.2, 0.25) is 0 Å². The maximum Gasteiger partial charge on any atom is 0.222 e. The molecule has 4 nitrogen and oxygen atoms in total. The van der Waals surface area contributed by atoms with E-state index in [4.69, 9.17) is 0 Å². The third-order valence-corrected chi connectivity index (χ3v) is 5.00. The molecule has 1 fully saturated rings. The molecule has 116 valence electrons. The molecule has 5 heteroatoms. The van der Waals surface area contributed by atoms with Gasteiger partial charge in [-0.1, -0.05) is 6.92 Å². The van der Waals surface area contributed by atoms with Crippen LogP contribution in [0, 0.1) is 5.92 Å². The van der Waals surface area contributed by atoms with Crippen molar-refractivity contribution >= 4 is 17.2 Å². The Morgan fingerprint density at radius 1 is 1.41 bits per heavy atom. The van der Waals surface area contributed by atoms with Gasteiger partial charge in [0.2, 0.25) is 5.91 Å². The highest BCUT2D eigenvalue weighted by atomic mass is 32.1.